The maximum absolute atomic E-state index is 13.0. The zero-order chi connectivity index (χ0) is 16.7. The van der Waals surface area contributed by atoms with E-state index in [4.69, 9.17) is 0 Å². The van der Waals surface area contributed by atoms with Crippen LogP contribution in [-0.4, -0.2) is 5.78 Å². The first kappa shape index (κ1) is 15.6. The Morgan fingerprint density at radius 3 is 1.50 bits per heavy atom. The van der Waals surface area contributed by atoms with Crippen LogP contribution in [0.4, 0.5) is 0 Å². The maximum Gasteiger partial charge on any atom is 0.139 e. The van der Waals surface area contributed by atoms with Crippen LogP contribution in [0.2, 0.25) is 0 Å². The third kappa shape index (κ3) is 2.92. The summed E-state index contributed by atoms with van der Waals surface area (Å²) in [6, 6.07) is 21.4. The van der Waals surface area contributed by atoms with Crippen LogP contribution in [0.3, 0.4) is 0 Å². The van der Waals surface area contributed by atoms with Crippen LogP contribution in [0.25, 0.3) is 0 Å². The number of ketones is 1. The lowest BCUT2D eigenvalue weighted by Crippen LogP contribution is -2.23. The Morgan fingerprint density at radius 2 is 1.12 bits per heavy atom. The second-order valence-corrected chi connectivity index (χ2v) is 7.81. The Balaban J connectivity index is 1.36. The minimum atomic E-state index is 0.197. The van der Waals surface area contributed by atoms with Gasteiger partial charge in [-0.05, 0) is 47.6 Å². The van der Waals surface area contributed by atoms with Gasteiger partial charge in [0.25, 0.3) is 0 Å². The first-order valence-electron chi connectivity index (χ1n) is 9.30. The van der Waals surface area contributed by atoms with Gasteiger partial charge < -0.3 is 0 Å². The lowest BCUT2D eigenvalue weighted by Gasteiger charge is -2.17. The van der Waals surface area contributed by atoms with Gasteiger partial charge in [-0.25, -0.2) is 0 Å². The van der Waals surface area contributed by atoms with E-state index in [0.717, 1.165) is 0 Å². The van der Waals surface area contributed by atoms with Crippen molar-refractivity contribution in [2.75, 3.05) is 0 Å². The molecule has 0 aliphatic heterocycles. The smallest absolute Gasteiger partial charge is 0.139 e. The topological polar surface area (TPSA) is 17.1 Å². The van der Waals surface area contributed by atoms with Crippen LogP contribution in [0.5, 0.6) is 0 Å². The van der Waals surface area contributed by atoms with Gasteiger partial charge in [0.2, 0.25) is 0 Å². The molecule has 4 rings (SSSR count). The summed E-state index contributed by atoms with van der Waals surface area (Å²) in [7, 11) is 0. The molecule has 2 saturated carbocycles. The minimum absolute atomic E-state index is 0.197. The van der Waals surface area contributed by atoms with E-state index in [1.54, 1.807) is 0 Å². The van der Waals surface area contributed by atoms with Crippen LogP contribution in [0.15, 0.2) is 60.7 Å². The number of hydrogen-bond acceptors (Lipinski definition) is 1. The summed E-state index contributed by atoms with van der Waals surface area (Å²) in [5.74, 6) is 3.18. The first-order chi connectivity index (χ1) is 11.7. The minimum Gasteiger partial charge on any atom is -0.299 e. The van der Waals surface area contributed by atoms with Crippen LogP contribution in [0.1, 0.15) is 49.7 Å². The predicted molar refractivity (Wildman–Crippen MR) is 97.9 cm³/mol. The van der Waals surface area contributed by atoms with Gasteiger partial charge in [-0.3, -0.25) is 4.79 Å². The molecule has 2 aromatic carbocycles. The lowest BCUT2D eigenvalue weighted by molar-refractivity contribution is -0.127. The highest BCUT2D eigenvalue weighted by atomic mass is 16.1. The first-order valence-corrected chi connectivity index (χ1v) is 9.30. The Hall–Kier alpha value is -1.89. The molecular weight excluding hydrogens is 292 g/mol. The molecule has 24 heavy (non-hydrogen) atoms. The molecule has 2 aliphatic carbocycles. The molecule has 0 aromatic heterocycles. The van der Waals surface area contributed by atoms with Crippen molar-refractivity contribution in [3.63, 3.8) is 0 Å². The zero-order valence-electron chi connectivity index (χ0n) is 14.6. The van der Waals surface area contributed by atoms with Crippen LogP contribution in [-0.2, 0) is 4.79 Å². The van der Waals surface area contributed by atoms with Gasteiger partial charge >= 0.3 is 0 Å². The number of rotatable bonds is 6. The van der Waals surface area contributed by atoms with Crippen molar-refractivity contribution in [2.24, 2.45) is 23.7 Å². The predicted octanol–water partition coefficient (Wildman–Crippen LogP) is 5.44. The van der Waals surface area contributed by atoms with Crippen molar-refractivity contribution in [3.05, 3.63) is 71.8 Å². The molecule has 0 heterocycles. The molecule has 124 valence electrons. The molecule has 2 fully saturated rings. The number of benzene rings is 2. The standard InChI is InChI=1S/C23H26O/c1-15(19-13-21(19)17-9-5-3-6-10-17)23(24)16(2)20-14-22(20)18-11-7-4-8-12-18/h3-12,15-16,19-22H,13-14H2,1-2H3/t15?,16?,19-,20-,21-,22-/m0/s1. The molecule has 0 bridgehead atoms. The Labute approximate surface area is 145 Å². The monoisotopic (exact) mass is 318 g/mol. The van der Waals surface area contributed by atoms with Crippen molar-refractivity contribution < 1.29 is 4.79 Å². The second-order valence-electron chi connectivity index (χ2n) is 7.81. The number of carbonyl (C=O) groups excluding carboxylic acids is 1. The lowest BCUT2D eigenvalue weighted by atomic mass is 9.86. The van der Waals surface area contributed by atoms with Crippen molar-refractivity contribution in [1.82, 2.24) is 0 Å². The van der Waals surface area contributed by atoms with E-state index in [2.05, 4.69) is 74.5 Å². The molecule has 0 amide bonds. The number of hydrogen-bond donors (Lipinski definition) is 0. The van der Waals surface area contributed by atoms with Gasteiger partial charge in [-0.2, -0.15) is 0 Å². The van der Waals surface area contributed by atoms with Crippen molar-refractivity contribution >= 4 is 5.78 Å². The summed E-state index contributed by atoms with van der Waals surface area (Å²) in [5.41, 5.74) is 2.81. The van der Waals surface area contributed by atoms with Gasteiger partial charge in [0, 0.05) is 11.8 Å². The van der Waals surface area contributed by atoms with Gasteiger partial charge in [-0.1, -0.05) is 74.5 Å². The van der Waals surface area contributed by atoms with Crippen LogP contribution in [0, 0.1) is 23.7 Å². The average Bonchev–Trinajstić information content (AvgIpc) is 3.55. The molecular formula is C23H26O. The zero-order valence-corrected chi connectivity index (χ0v) is 14.6. The second kappa shape index (κ2) is 6.20. The van der Waals surface area contributed by atoms with E-state index < -0.39 is 0 Å². The normalized spacial score (nSPS) is 30.4. The Bertz CT molecular complexity index is 644. The summed E-state index contributed by atoms with van der Waals surface area (Å²) in [6.45, 7) is 4.32. The fourth-order valence-electron chi connectivity index (χ4n) is 4.54. The summed E-state index contributed by atoms with van der Waals surface area (Å²) >= 11 is 0. The van der Waals surface area contributed by atoms with Crippen LogP contribution >= 0.6 is 0 Å². The van der Waals surface area contributed by atoms with Crippen LogP contribution < -0.4 is 0 Å². The van der Waals surface area contributed by atoms with Gasteiger partial charge in [0.1, 0.15) is 5.78 Å². The van der Waals surface area contributed by atoms with Crippen molar-refractivity contribution in [3.8, 4) is 0 Å². The summed E-state index contributed by atoms with van der Waals surface area (Å²) in [6.07, 6.45) is 2.35. The maximum atomic E-state index is 13.0. The van der Waals surface area contributed by atoms with E-state index in [1.807, 2.05) is 0 Å². The molecule has 0 spiro atoms. The summed E-state index contributed by atoms with van der Waals surface area (Å²) in [5, 5.41) is 0. The molecule has 2 unspecified atom stereocenters. The highest BCUT2D eigenvalue weighted by Gasteiger charge is 2.49. The van der Waals surface area contributed by atoms with E-state index in [-0.39, 0.29) is 11.8 Å². The fourth-order valence-corrected chi connectivity index (χ4v) is 4.54. The quantitative estimate of drug-likeness (QED) is 0.693. The van der Waals surface area contributed by atoms with Crippen molar-refractivity contribution in [2.45, 2.75) is 38.5 Å². The third-order valence-electron chi connectivity index (χ3n) is 6.32. The highest BCUT2D eigenvalue weighted by molar-refractivity contribution is 5.84. The molecule has 2 aliphatic rings. The Kier molecular flexibility index (Phi) is 4.04. The van der Waals surface area contributed by atoms with E-state index in [9.17, 15) is 4.79 Å². The SMILES string of the molecule is CC(C(=O)C(C)[C@@H]1C[C@H]1c1ccccc1)[C@@H]1C[C@H]1c1ccccc1. The summed E-state index contributed by atoms with van der Waals surface area (Å²) < 4.78 is 0. The largest absolute Gasteiger partial charge is 0.299 e. The third-order valence-corrected chi connectivity index (χ3v) is 6.32. The fraction of sp³-hybridized carbons (Fsp3) is 0.435. The average molecular weight is 318 g/mol. The number of Topliss-reactive ketones (excluding diaryl/α,β-unsaturated/α-hetero) is 1. The van der Waals surface area contributed by atoms with Gasteiger partial charge in [-0.15, -0.1) is 0 Å². The molecule has 0 radical (unpaired) electrons. The highest BCUT2D eigenvalue weighted by Crippen LogP contribution is 2.56. The Morgan fingerprint density at radius 1 is 0.750 bits per heavy atom. The molecule has 2 aromatic rings. The summed E-state index contributed by atoms with van der Waals surface area (Å²) in [4.78, 5) is 13.0. The molecule has 1 nitrogen and oxygen atoms in total. The molecule has 0 saturated heterocycles. The van der Waals surface area contributed by atoms with Gasteiger partial charge in [0.05, 0.1) is 0 Å². The van der Waals surface area contributed by atoms with E-state index in [0.29, 0.717) is 29.5 Å². The number of carbonyl (C=O) groups is 1. The van der Waals surface area contributed by atoms with Crippen molar-refractivity contribution in [1.29, 1.82) is 0 Å². The molecule has 0 N–H and O–H groups in total. The van der Waals surface area contributed by atoms with E-state index in [1.165, 1.54) is 24.0 Å². The molecule has 6 atom stereocenters. The van der Waals surface area contributed by atoms with Gasteiger partial charge in [0.15, 0.2) is 0 Å². The van der Waals surface area contributed by atoms with E-state index >= 15 is 0 Å². The molecule has 1 heteroatoms.